The fourth-order valence-electron chi connectivity index (χ4n) is 2.50. The second-order valence-electron chi connectivity index (χ2n) is 5.25. The molecule has 0 aliphatic carbocycles. The summed E-state index contributed by atoms with van der Waals surface area (Å²) in [7, 11) is 0. The van der Waals surface area contributed by atoms with Crippen LogP contribution in [0.25, 0.3) is 0 Å². The molecule has 1 aromatic rings. The van der Waals surface area contributed by atoms with E-state index in [9.17, 15) is 14.0 Å². The van der Waals surface area contributed by atoms with E-state index in [1.807, 2.05) is 0 Å². The molecule has 0 radical (unpaired) electrons. The van der Waals surface area contributed by atoms with Crippen LogP contribution in [0.15, 0.2) is 36.4 Å². The minimum absolute atomic E-state index is 0.242. The van der Waals surface area contributed by atoms with Crippen molar-refractivity contribution in [1.29, 1.82) is 0 Å². The Morgan fingerprint density at radius 2 is 1.78 bits per heavy atom. The first-order chi connectivity index (χ1) is 11.1. The second-order valence-corrected chi connectivity index (χ2v) is 5.25. The van der Waals surface area contributed by atoms with Crippen molar-refractivity contribution in [3.63, 3.8) is 0 Å². The summed E-state index contributed by atoms with van der Waals surface area (Å²) in [6, 6.07) is 6.51. The van der Waals surface area contributed by atoms with Crippen LogP contribution in [0.1, 0.15) is 31.2 Å². The van der Waals surface area contributed by atoms with E-state index in [-0.39, 0.29) is 12.4 Å². The van der Waals surface area contributed by atoms with Crippen LogP contribution in [0.2, 0.25) is 0 Å². The molecule has 2 rings (SSSR count). The highest BCUT2D eigenvalue weighted by Crippen LogP contribution is 2.28. The maximum absolute atomic E-state index is 12.9. The van der Waals surface area contributed by atoms with Crippen molar-refractivity contribution < 1.29 is 23.6 Å². The summed E-state index contributed by atoms with van der Waals surface area (Å²) in [5.74, 6) is -1.08. The van der Waals surface area contributed by atoms with E-state index < -0.39 is 11.9 Å². The monoisotopic (exact) mass is 321 g/mol. The number of rotatable bonds is 5. The van der Waals surface area contributed by atoms with Crippen LogP contribution >= 0.6 is 0 Å². The van der Waals surface area contributed by atoms with Gasteiger partial charge < -0.3 is 9.57 Å². The van der Waals surface area contributed by atoms with Crippen LogP contribution in [0.5, 0.6) is 0 Å². The van der Waals surface area contributed by atoms with Crippen molar-refractivity contribution in [2.75, 3.05) is 19.7 Å². The van der Waals surface area contributed by atoms with Gasteiger partial charge in [-0.2, -0.15) is 0 Å². The summed E-state index contributed by atoms with van der Waals surface area (Å²) in [5, 5.41) is 1.58. The molecule has 0 atom stereocenters. The molecule has 1 aliphatic heterocycles. The molecule has 0 aromatic heterocycles. The van der Waals surface area contributed by atoms with E-state index in [4.69, 9.17) is 4.84 Å². The van der Waals surface area contributed by atoms with Gasteiger partial charge in [0.15, 0.2) is 0 Å². The lowest BCUT2D eigenvalue weighted by atomic mass is 9.90. The maximum atomic E-state index is 12.9. The number of carbonyl (C=O) groups is 2. The van der Waals surface area contributed by atoms with Crippen LogP contribution < -0.4 is 0 Å². The van der Waals surface area contributed by atoms with Gasteiger partial charge >= 0.3 is 11.9 Å². The van der Waals surface area contributed by atoms with E-state index in [0.29, 0.717) is 19.0 Å². The number of hydroxylamine groups is 2. The Morgan fingerprint density at radius 3 is 2.39 bits per heavy atom. The normalized spacial score (nSPS) is 16.4. The average molecular weight is 321 g/mol. The minimum Gasteiger partial charge on any atom is -0.463 e. The van der Waals surface area contributed by atoms with E-state index in [2.05, 4.69) is 4.74 Å². The lowest BCUT2D eigenvalue weighted by Gasteiger charge is -2.30. The molecule has 0 unspecified atom stereocenters. The van der Waals surface area contributed by atoms with E-state index in [1.54, 1.807) is 24.1 Å². The lowest BCUT2D eigenvalue weighted by Crippen LogP contribution is -2.34. The summed E-state index contributed by atoms with van der Waals surface area (Å²) in [6.45, 7) is 3.15. The number of nitrogens with zero attached hydrogens (tertiary/aromatic N) is 1. The summed E-state index contributed by atoms with van der Waals surface area (Å²) in [5.41, 5.74) is 1.10. The zero-order valence-electron chi connectivity index (χ0n) is 13.0. The van der Waals surface area contributed by atoms with Crippen LogP contribution in [0, 0.1) is 5.82 Å². The van der Waals surface area contributed by atoms with E-state index >= 15 is 0 Å². The quantitative estimate of drug-likeness (QED) is 0.616. The third-order valence-corrected chi connectivity index (χ3v) is 3.66. The molecule has 0 bridgehead atoms. The third-order valence-electron chi connectivity index (χ3n) is 3.66. The van der Waals surface area contributed by atoms with E-state index in [1.165, 1.54) is 12.1 Å². The molecule has 6 heteroatoms. The van der Waals surface area contributed by atoms with Crippen molar-refractivity contribution in [2.45, 2.75) is 25.7 Å². The number of esters is 1. The third kappa shape index (κ3) is 5.49. The lowest BCUT2D eigenvalue weighted by molar-refractivity contribution is -0.188. The Bertz CT molecular complexity index is 562. The molecule has 1 saturated heterocycles. The zero-order valence-corrected chi connectivity index (χ0v) is 13.0. The van der Waals surface area contributed by atoms with Crippen LogP contribution in [0.3, 0.4) is 0 Å². The number of ether oxygens (including phenoxy) is 1. The highest BCUT2D eigenvalue weighted by molar-refractivity contribution is 5.91. The van der Waals surface area contributed by atoms with Gasteiger partial charge in [0.25, 0.3) is 0 Å². The smallest absolute Gasteiger partial charge is 0.349 e. The fraction of sp³-hybridized carbons (Fsp3) is 0.412. The number of piperidine rings is 1. The average Bonchev–Trinajstić information content (AvgIpc) is 2.55. The van der Waals surface area contributed by atoms with E-state index in [0.717, 1.165) is 30.6 Å². The molecule has 23 heavy (non-hydrogen) atoms. The van der Waals surface area contributed by atoms with Gasteiger partial charge in [-0.3, -0.25) is 0 Å². The Kier molecular flexibility index (Phi) is 6.29. The van der Waals surface area contributed by atoms with Crippen molar-refractivity contribution in [2.24, 2.45) is 0 Å². The fourth-order valence-corrected chi connectivity index (χ4v) is 2.50. The molecule has 1 fully saturated rings. The molecule has 0 saturated carbocycles. The Hall–Kier alpha value is -2.21. The predicted molar refractivity (Wildman–Crippen MR) is 81.8 cm³/mol. The summed E-state index contributed by atoms with van der Waals surface area (Å²) in [6.07, 6.45) is 3.75. The van der Waals surface area contributed by atoms with Gasteiger partial charge in [0, 0.05) is 25.2 Å². The topological polar surface area (TPSA) is 55.8 Å². The van der Waals surface area contributed by atoms with Crippen LogP contribution in [-0.2, 0) is 19.2 Å². The SMILES string of the molecule is CCOC(=O)C=CC(=O)ON1CCC(c2ccc(F)cc2)CC1. The van der Waals surface area contributed by atoms with Gasteiger partial charge in [-0.15, -0.1) is 5.06 Å². The van der Waals surface area contributed by atoms with Crippen LogP contribution in [0.4, 0.5) is 4.39 Å². The molecule has 1 heterocycles. The largest absolute Gasteiger partial charge is 0.463 e. The number of hydrogen-bond donors (Lipinski definition) is 0. The van der Waals surface area contributed by atoms with Crippen molar-refractivity contribution in [3.8, 4) is 0 Å². The predicted octanol–water partition coefficient (Wildman–Crippen LogP) is 2.58. The van der Waals surface area contributed by atoms with Crippen LogP contribution in [-0.4, -0.2) is 36.7 Å². The van der Waals surface area contributed by atoms with Gasteiger partial charge in [0.1, 0.15) is 5.82 Å². The standard InChI is InChI=1S/C17H20FNO4/c1-2-22-16(20)7-8-17(21)23-19-11-9-14(10-12-19)13-3-5-15(18)6-4-13/h3-8,14H,2,9-12H2,1H3. The van der Waals surface area contributed by atoms with Crippen molar-refractivity contribution in [1.82, 2.24) is 5.06 Å². The highest BCUT2D eigenvalue weighted by Gasteiger charge is 2.22. The molecule has 0 amide bonds. The number of benzene rings is 1. The van der Waals surface area contributed by atoms with Crippen molar-refractivity contribution in [3.05, 3.63) is 47.8 Å². The molecule has 5 nitrogen and oxygen atoms in total. The zero-order chi connectivity index (χ0) is 16.7. The maximum Gasteiger partial charge on any atom is 0.349 e. The molecular weight excluding hydrogens is 301 g/mol. The molecule has 124 valence electrons. The summed E-state index contributed by atoms with van der Waals surface area (Å²) < 4.78 is 17.6. The molecule has 0 spiro atoms. The first kappa shape index (κ1) is 17.1. The minimum atomic E-state index is -0.599. The number of hydrogen-bond acceptors (Lipinski definition) is 5. The van der Waals surface area contributed by atoms with Gasteiger partial charge in [-0.1, -0.05) is 12.1 Å². The molecule has 0 N–H and O–H groups in total. The Labute approximate surface area is 134 Å². The molecule has 1 aromatic carbocycles. The van der Waals surface area contributed by atoms with Gasteiger partial charge in [0.05, 0.1) is 6.61 Å². The second kappa shape index (κ2) is 8.43. The van der Waals surface area contributed by atoms with Gasteiger partial charge in [0.2, 0.25) is 0 Å². The first-order valence-corrected chi connectivity index (χ1v) is 7.65. The summed E-state index contributed by atoms with van der Waals surface area (Å²) in [4.78, 5) is 27.9. The van der Waals surface area contributed by atoms with Gasteiger partial charge in [-0.05, 0) is 43.4 Å². The van der Waals surface area contributed by atoms with Gasteiger partial charge in [-0.25, -0.2) is 14.0 Å². The summed E-state index contributed by atoms with van der Waals surface area (Å²) >= 11 is 0. The Morgan fingerprint density at radius 1 is 1.17 bits per heavy atom. The Balaban J connectivity index is 1.77. The molecule has 1 aliphatic rings. The number of carbonyl (C=O) groups excluding carboxylic acids is 2. The molecular formula is C17H20FNO4. The first-order valence-electron chi connectivity index (χ1n) is 7.65. The number of halogens is 1. The van der Waals surface area contributed by atoms with Crippen molar-refractivity contribution >= 4 is 11.9 Å². The highest BCUT2D eigenvalue weighted by atomic mass is 19.1.